The van der Waals surface area contributed by atoms with Crippen LogP contribution in [0.3, 0.4) is 0 Å². The first-order valence-corrected chi connectivity index (χ1v) is 6.76. The van der Waals surface area contributed by atoms with E-state index in [1.54, 1.807) is 13.0 Å². The number of amides is 1. The van der Waals surface area contributed by atoms with Gasteiger partial charge in [0.1, 0.15) is 4.21 Å². The zero-order valence-electron chi connectivity index (χ0n) is 7.50. The minimum Gasteiger partial charge on any atom is -0.318 e. The van der Waals surface area contributed by atoms with Gasteiger partial charge >= 0.3 is 0 Å². The summed E-state index contributed by atoms with van der Waals surface area (Å²) in [5.74, 6) is -0.246. The third-order valence-corrected chi connectivity index (χ3v) is 4.75. The second kappa shape index (κ2) is 3.88. The van der Waals surface area contributed by atoms with Crippen molar-refractivity contribution in [2.45, 2.75) is 18.1 Å². The van der Waals surface area contributed by atoms with Gasteiger partial charge in [0.25, 0.3) is 9.05 Å². The van der Waals surface area contributed by atoms with E-state index in [0.29, 0.717) is 10.6 Å². The number of anilines is 1. The van der Waals surface area contributed by atoms with Crippen LogP contribution in [0.25, 0.3) is 0 Å². The van der Waals surface area contributed by atoms with Crippen LogP contribution in [-0.4, -0.2) is 14.3 Å². The van der Waals surface area contributed by atoms with E-state index in [-0.39, 0.29) is 10.1 Å². The Bertz CT molecular complexity index is 463. The standard InChI is InChI=1S/C7H8ClNO3S2/c1-4-3-6(9-5(2)10)13-7(4)14(8,11)12/h3H,1-2H3,(H,9,10). The number of carbonyl (C=O) groups is 1. The molecule has 78 valence electrons. The lowest BCUT2D eigenvalue weighted by atomic mass is 10.4. The van der Waals surface area contributed by atoms with Crippen LogP contribution in [0.15, 0.2) is 10.3 Å². The Hall–Kier alpha value is -0.590. The first-order valence-electron chi connectivity index (χ1n) is 3.63. The van der Waals surface area contributed by atoms with Crippen LogP contribution in [-0.2, 0) is 13.8 Å². The number of rotatable bonds is 2. The molecule has 0 fully saturated rings. The molecule has 0 aromatic carbocycles. The fraction of sp³-hybridized carbons (Fsp3) is 0.286. The summed E-state index contributed by atoms with van der Waals surface area (Å²) in [5, 5.41) is 2.98. The minimum atomic E-state index is -3.71. The normalized spacial score (nSPS) is 11.4. The van der Waals surface area contributed by atoms with Gasteiger partial charge in [-0.3, -0.25) is 4.79 Å². The fourth-order valence-corrected chi connectivity index (χ4v) is 3.55. The number of thiophene rings is 1. The maximum absolute atomic E-state index is 11.0. The van der Waals surface area contributed by atoms with E-state index in [1.807, 2.05) is 0 Å². The van der Waals surface area contributed by atoms with Crippen LogP contribution in [0.5, 0.6) is 0 Å². The van der Waals surface area contributed by atoms with Gasteiger partial charge in [-0.15, -0.1) is 11.3 Å². The van der Waals surface area contributed by atoms with Gasteiger partial charge in [-0.25, -0.2) is 8.42 Å². The highest BCUT2D eigenvalue weighted by Gasteiger charge is 2.17. The van der Waals surface area contributed by atoms with E-state index in [9.17, 15) is 13.2 Å². The SMILES string of the molecule is CC(=O)Nc1cc(C)c(S(=O)(=O)Cl)s1. The van der Waals surface area contributed by atoms with Crippen LogP contribution in [0.1, 0.15) is 12.5 Å². The maximum atomic E-state index is 11.0. The average Bonchev–Trinajstić information content (AvgIpc) is 2.27. The molecule has 0 saturated heterocycles. The third-order valence-electron chi connectivity index (χ3n) is 1.39. The van der Waals surface area contributed by atoms with Gasteiger partial charge in [-0.1, -0.05) is 0 Å². The molecule has 0 bridgehead atoms. The van der Waals surface area contributed by atoms with Gasteiger partial charge in [-0.05, 0) is 18.6 Å². The maximum Gasteiger partial charge on any atom is 0.271 e. The van der Waals surface area contributed by atoms with E-state index in [0.717, 1.165) is 11.3 Å². The van der Waals surface area contributed by atoms with Crippen LogP contribution < -0.4 is 5.32 Å². The Morgan fingerprint density at radius 2 is 2.14 bits per heavy atom. The molecule has 1 amide bonds. The van der Waals surface area contributed by atoms with Gasteiger partial charge in [0, 0.05) is 17.6 Å². The molecule has 14 heavy (non-hydrogen) atoms. The molecule has 7 heteroatoms. The first-order chi connectivity index (χ1) is 6.30. The van der Waals surface area contributed by atoms with Crippen molar-refractivity contribution < 1.29 is 13.2 Å². The lowest BCUT2D eigenvalue weighted by Crippen LogP contribution is -2.03. The highest BCUT2D eigenvalue weighted by atomic mass is 35.7. The topological polar surface area (TPSA) is 63.2 Å². The Labute approximate surface area is 90.3 Å². The molecular formula is C7H8ClNO3S2. The zero-order valence-corrected chi connectivity index (χ0v) is 9.89. The Morgan fingerprint density at radius 1 is 1.57 bits per heavy atom. The first kappa shape index (κ1) is 11.5. The number of hydrogen-bond acceptors (Lipinski definition) is 4. The minimum absolute atomic E-state index is 0.0721. The summed E-state index contributed by atoms with van der Waals surface area (Å²) in [6.07, 6.45) is 0. The number of nitrogens with one attached hydrogen (secondary N) is 1. The Kier molecular flexibility index (Phi) is 3.18. The average molecular weight is 254 g/mol. The molecule has 1 rings (SSSR count). The summed E-state index contributed by atoms with van der Waals surface area (Å²) in [5.41, 5.74) is 0.536. The Morgan fingerprint density at radius 3 is 2.50 bits per heavy atom. The van der Waals surface area contributed by atoms with Crippen molar-refractivity contribution in [3.05, 3.63) is 11.6 Å². The van der Waals surface area contributed by atoms with Gasteiger partial charge in [0.05, 0.1) is 5.00 Å². The number of hydrogen-bond donors (Lipinski definition) is 1. The van der Waals surface area contributed by atoms with Gasteiger partial charge in [0.2, 0.25) is 5.91 Å². The number of halogens is 1. The molecule has 0 spiro atoms. The van der Waals surface area contributed by atoms with E-state index >= 15 is 0 Å². The molecule has 0 atom stereocenters. The largest absolute Gasteiger partial charge is 0.318 e. The van der Waals surface area contributed by atoms with E-state index in [2.05, 4.69) is 5.32 Å². The second-order valence-electron chi connectivity index (χ2n) is 2.70. The molecule has 0 saturated carbocycles. The summed E-state index contributed by atoms with van der Waals surface area (Å²) >= 11 is 0.943. The molecule has 0 radical (unpaired) electrons. The van der Waals surface area contributed by atoms with Crippen molar-refractivity contribution in [1.82, 2.24) is 0 Å². The summed E-state index contributed by atoms with van der Waals surface area (Å²) in [4.78, 5) is 10.7. The van der Waals surface area contributed by atoms with Crippen molar-refractivity contribution in [3.63, 3.8) is 0 Å². The predicted molar refractivity (Wildman–Crippen MR) is 56.4 cm³/mol. The van der Waals surface area contributed by atoms with Crippen LogP contribution >= 0.6 is 22.0 Å². The van der Waals surface area contributed by atoms with E-state index in [1.165, 1.54) is 6.92 Å². The third kappa shape index (κ3) is 2.70. The lowest BCUT2D eigenvalue weighted by Gasteiger charge is -1.93. The summed E-state index contributed by atoms with van der Waals surface area (Å²) in [7, 11) is 1.47. The molecule has 0 aliphatic rings. The molecular weight excluding hydrogens is 246 g/mol. The van der Waals surface area contributed by atoms with Gasteiger partial charge in [-0.2, -0.15) is 0 Å². The number of carbonyl (C=O) groups excluding carboxylic acids is 1. The van der Waals surface area contributed by atoms with Crippen LogP contribution in [0.2, 0.25) is 0 Å². The summed E-state index contributed by atoms with van der Waals surface area (Å²) < 4.78 is 22.1. The lowest BCUT2D eigenvalue weighted by molar-refractivity contribution is -0.114. The molecule has 1 aromatic heterocycles. The molecule has 0 aliphatic carbocycles. The van der Waals surface area contributed by atoms with Crippen molar-refractivity contribution in [2.75, 3.05) is 5.32 Å². The van der Waals surface area contributed by atoms with E-state index in [4.69, 9.17) is 10.7 Å². The molecule has 0 unspecified atom stereocenters. The summed E-state index contributed by atoms with van der Waals surface area (Å²) in [6.45, 7) is 2.97. The second-order valence-corrected chi connectivity index (χ2v) is 6.51. The van der Waals surface area contributed by atoms with Gasteiger partial charge < -0.3 is 5.32 Å². The highest BCUT2D eigenvalue weighted by Crippen LogP contribution is 2.32. The smallest absolute Gasteiger partial charge is 0.271 e. The van der Waals surface area contributed by atoms with Gasteiger partial charge in [0.15, 0.2) is 0 Å². The van der Waals surface area contributed by atoms with Crippen molar-refractivity contribution in [2.24, 2.45) is 0 Å². The molecule has 4 nitrogen and oxygen atoms in total. The summed E-state index contributed by atoms with van der Waals surface area (Å²) in [6, 6.07) is 1.57. The van der Waals surface area contributed by atoms with Crippen molar-refractivity contribution >= 4 is 42.0 Å². The quantitative estimate of drug-likeness (QED) is 0.820. The molecule has 0 aliphatic heterocycles. The number of aryl methyl sites for hydroxylation is 1. The fourth-order valence-electron chi connectivity index (χ4n) is 0.943. The van der Waals surface area contributed by atoms with Crippen LogP contribution in [0.4, 0.5) is 5.00 Å². The Balaban J connectivity index is 3.12. The van der Waals surface area contributed by atoms with Crippen molar-refractivity contribution in [3.8, 4) is 0 Å². The molecule has 1 heterocycles. The molecule has 1 aromatic rings. The molecule has 1 N–H and O–H groups in total. The van der Waals surface area contributed by atoms with Crippen molar-refractivity contribution in [1.29, 1.82) is 0 Å². The monoisotopic (exact) mass is 253 g/mol. The zero-order chi connectivity index (χ0) is 10.9. The highest BCUT2D eigenvalue weighted by molar-refractivity contribution is 8.15. The van der Waals surface area contributed by atoms with Crippen LogP contribution in [0, 0.1) is 6.92 Å². The predicted octanol–water partition coefficient (Wildman–Crippen LogP) is 1.94. The van der Waals surface area contributed by atoms with E-state index < -0.39 is 9.05 Å².